The van der Waals surface area contributed by atoms with Crippen LogP contribution in [-0.2, 0) is 13.0 Å². The smallest absolute Gasteiger partial charge is 0.191 e. The second kappa shape index (κ2) is 10.2. The van der Waals surface area contributed by atoms with Gasteiger partial charge in [0.1, 0.15) is 5.01 Å². The predicted octanol–water partition coefficient (Wildman–Crippen LogP) is 3.56. The number of guanidine groups is 1. The Hall–Kier alpha value is -0.740. The molecule has 0 unspecified atom stereocenters. The van der Waals surface area contributed by atoms with Gasteiger partial charge < -0.3 is 10.6 Å². The molecule has 0 atom stereocenters. The molecule has 8 heteroatoms. The fourth-order valence-corrected chi connectivity index (χ4v) is 3.43. The van der Waals surface area contributed by atoms with Crippen molar-refractivity contribution in [3.63, 3.8) is 0 Å². The van der Waals surface area contributed by atoms with Gasteiger partial charge in [0, 0.05) is 30.8 Å². The lowest BCUT2D eigenvalue weighted by Gasteiger charge is -2.10. The van der Waals surface area contributed by atoms with E-state index < -0.39 is 0 Å². The van der Waals surface area contributed by atoms with E-state index in [1.165, 1.54) is 0 Å². The van der Waals surface area contributed by atoms with Crippen molar-refractivity contribution in [3.05, 3.63) is 32.2 Å². The van der Waals surface area contributed by atoms with E-state index >= 15 is 0 Å². The van der Waals surface area contributed by atoms with Gasteiger partial charge in [0.05, 0.1) is 22.9 Å². The molecule has 2 heterocycles. The summed E-state index contributed by atoms with van der Waals surface area (Å²) >= 11 is 3.38. The maximum absolute atomic E-state index is 4.61. The van der Waals surface area contributed by atoms with Crippen molar-refractivity contribution in [1.82, 2.24) is 20.6 Å². The number of aryl methyl sites for hydroxylation is 1. The second-order valence-electron chi connectivity index (χ2n) is 5.28. The SMILES string of the molecule is CN=C(NCCc1csc(C)n1)NCc1nc(C(C)C)cs1.I. The fraction of sp³-hybridized carbons (Fsp3) is 0.533. The second-order valence-corrected chi connectivity index (χ2v) is 7.29. The molecule has 0 spiro atoms. The van der Waals surface area contributed by atoms with E-state index in [9.17, 15) is 0 Å². The third-order valence-electron chi connectivity index (χ3n) is 3.13. The monoisotopic (exact) mass is 465 g/mol. The molecule has 0 saturated carbocycles. The van der Waals surface area contributed by atoms with Crippen LogP contribution in [0.3, 0.4) is 0 Å². The highest BCUT2D eigenvalue weighted by molar-refractivity contribution is 14.0. The highest BCUT2D eigenvalue weighted by atomic mass is 127. The van der Waals surface area contributed by atoms with Crippen LogP contribution in [-0.4, -0.2) is 29.5 Å². The van der Waals surface area contributed by atoms with Gasteiger partial charge in [0.2, 0.25) is 0 Å². The molecule has 23 heavy (non-hydrogen) atoms. The fourth-order valence-electron chi connectivity index (χ4n) is 1.88. The molecule has 2 rings (SSSR count). The average Bonchev–Trinajstić information content (AvgIpc) is 3.11. The van der Waals surface area contributed by atoms with E-state index in [2.05, 4.69) is 50.2 Å². The maximum Gasteiger partial charge on any atom is 0.191 e. The summed E-state index contributed by atoms with van der Waals surface area (Å²) in [5.41, 5.74) is 2.29. The minimum absolute atomic E-state index is 0. The number of nitrogens with one attached hydrogen (secondary N) is 2. The molecule has 0 fully saturated rings. The largest absolute Gasteiger partial charge is 0.356 e. The molecule has 0 aliphatic carbocycles. The number of aliphatic imine (C=N–C) groups is 1. The first kappa shape index (κ1) is 20.3. The Morgan fingerprint density at radius 1 is 1.22 bits per heavy atom. The predicted molar refractivity (Wildman–Crippen MR) is 110 cm³/mol. The molecule has 0 aromatic carbocycles. The number of hydrogen-bond acceptors (Lipinski definition) is 5. The Morgan fingerprint density at radius 3 is 2.57 bits per heavy atom. The zero-order valence-electron chi connectivity index (χ0n) is 13.9. The van der Waals surface area contributed by atoms with E-state index in [1.54, 1.807) is 29.7 Å². The summed E-state index contributed by atoms with van der Waals surface area (Å²) in [6.07, 6.45) is 0.903. The summed E-state index contributed by atoms with van der Waals surface area (Å²) in [5.74, 6) is 1.28. The zero-order valence-corrected chi connectivity index (χ0v) is 17.9. The molecule has 2 aromatic heterocycles. The van der Waals surface area contributed by atoms with E-state index in [1.807, 2.05) is 6.92 Å². The first-order valence-corrected chi connectivity index (χ1v) is 9.14. The standard InChI is InChI=1S/C15H23N5S2.HI/c1-10(2)13-9-22-14(20-13)7-18-15(16-4)17-6-5-12-8-21-11(3)19-12;/h8-10H,5-7H2,1-4H3,(H2,16,17,18);1H. The number of hydrogen-bond donors (Lipinski definition) is 2. The van der Waals surface area contributed by atoms with Gasteiger partial charge in [-0.15, -0.1) is 46.7 Å². The van der Waals surface area contributed by atoms with Gasteiger partial charge >= 0.3 is 0 Å². The molecule has 0 saturated heterocycles. The Bertz CT molecular complexity index is 621. The van der Waals surface area contributed by atoms with Gasteiger partial charge in [-0.05, 0) is 12.8 Å². The van der Waals surface area contributed by atoms with Crippen LogP contribution in [0.1, 0.15) is 41.2 Å². The van der Waals surface area contributed by atoms with E-state index in [-0.39, 0.29) is 24.0 Å². The molecule has 0 radical (unpaired) electrons. The lowest BCUT2D eigenvalue weighted by molar-refractivity contribution is 0.773. The number of rotatable bonds is 6. The van der Waals surface area contributed by atoms with Crippen LogP contribution < -0.4 is 10.6 Å². The third kappa shape index (κ3) is 6.72. The van der Waals surface area contributed by atoms with Crippen LogP contribution >= 0.6 is 46.7 Å². The Morgan fingerprint density at radius 2 is 2.00 bits per heavy atom. The van der Waals surface area contributed by atoms with Crippen LogP contribution in [0.5, 0.6) is 0 Å². The molecule has 0 bridgehead atoms. The first-order valence-electron chi connectivity index (χ1n) is 7.38. The number of nitrogens with zero attached hydrogens (tertiary/aromatic N) is 3. The van der Waals surface area contributed by atoms with Crippen molar-refractivity contribution in [2.75, 3.05) is 13.6 Å². The lowest BCUT2D eigenvalue weighted by Crippen LogP contribution is -2.37. The van der Waals surface area contributed by atoms with E-state index in [0.717, 1.165) is 40.3 Å². The van der Waals surface area contributed by atoms with Crippen LogP contribution in [0.4, 0.5) is 0 Å². The molecule has 2 N–H and O–H groups in total. The maximum atomic E-state index is 4.61. The Balaban J connectivity index is 0.00000264. The average molecular weight is 465 g/mol. The molecule has 0 amide bonds. The number of aromatic nitrogens is 2. The van der Waals surface area contributed by atoms with Gasteiger partial charge in [-0.3, -0.25) is 4.99 Å². The Kier molecular flexibility index (Phi) is 9.00. The van der Waals surface area contributed by atoms with Gasteiger partial charge in [0.15, 0.2) is 5.96 Å². The van der Waals surface area contributed by atoms with Crippen molar-refractivity contribution >= 4 is 52.6 Å². The van der Waals surface area contributed by atoms with Crippen molar-refractivity contribution in [3.8, 4) is 0 Å². The summed E-state index contributed by atoms with van der Waals surface area (Å²) in [7, 11) is 1.78. The minimum atomic E-state index is 0. The number of thiazole rings is 2. The summed E-state index contributed by atoms with van der Waals surface area (Å²) in [5, 5.41) is 13.0. The van der Waals surface area contributed by atoms with Crippen molar-refractivity contribution < 1.29 is 0 Å². The van der Waals surface area contributed by atoms with Crippen molar-refractivity contribution in [2.24, 2.45) is 4.99 Å². The summed E-state index contributed by atoms with van der Waals surface area (Å²) in [4.78, 5) is 13.3. The lowest BCUT2D eigenvalue weighted by atomic mass is 10.2. The highest BCUT2D eigenvalue weighted by Gasteiger charge is 2.06. The van der Waals surface area contributed by atoms with Gasteiger partial charge in [0.25, 0.3) is 0 Å². The normalized spacial score (nSPS) is 11.4. The van der Waals surface area contributed by atoms with Crippen molar-refractivity contribution in [1.29, 1.82) is 0 Å². The third-order valence-corrected chi connectivity index (χ3v) is 4.82. The molecule has 0 aliphatic heterocycles. The van der Waals surface area contributed by atoms with Gasteiger partial charge in [-0.1, -0.05) is 13.8 Å². The van der Waals surface area contributed by atoms with E-state index in [4.69, 9.17) is 0 Å². The van der Waals surface area contributed by atoms with Crippen LogP contribution in [0, 0.1) is 6.92 Å². The van der Waals surface area contributed by atoms with E-state index in [0.29, 0.717) is 12.5 Å². The minimum Gasteiger partial charge on any atom is -0.356 e. The molecule has 2 aromatic rings. The quantitative estimate of drug-likeness (QED) is 0.389. The molecular weight excluding hydrogens is 441 g/mol. The van der Waals surface area contributed by atoms with Crippen LogP contribution in [0.2, 0.25) is 0 Å². The highest BCUT2D eigenvalue weighted by Crippen LogP contribution is 2.17. The van der Waals surface area contributed by atoms with Crippen LogP contribution in [0.25, 0.3) is 0 Å². The number of halogens is 1. The van der Waals surface area contributed by atoms with Gasteiger partial charge in [-0.25, -0.2) is 9.97 Å². The summed E-state index contributed by atoms with van der Waals surface area (Å²) < 4.78 is 0. The summed E-state index contributed by atoms with van der Waals surface area (Å²) in [6, 6.07) is 0. The molecular formula is C15H24IN5S2. The van der Waals surface area contributed by atoms with Gasteiger partial charge in [-0.2, -0.15) is 0 Å². The first-order chi connectivity index (χ1) is 10.6. The topological polar surface area (TPSA) is 62.2 Å². The van der Waals surface area contributed by atoms with Crippen LogP contribution in [0.15, 0.2) is 15.8 Å². The summed E-state index contributed by atoms with van der Waals surface area (Å²) in [6.45, 7) is 7.87. The Labute approximate surface area is 163 Å². The molecule has 0 aliphatic rings. The zero-order chi connectivity index (χ0) is 15.9. The molecule has 128 valence electrons. The molecule has 5 nitrogen and oxygen atoms in total. The van der Waals surface area contributed by atoms with Crippen molar-refractivity contribution in [2.45, 2.75) is 39.7 Å².